The first-order valence-electron chi connectivity index (χ1n) is 8.74. The molecule has 2 saturated heterocycles. The van der Waals surface area contributed by atoms with E-state index < -0.39 is 0 Å². The minimum atomic E-state index is 0.0106. The van der Waals surface area contributed by atoms with Crippen LogP contribution in [0.1, 0.15) is 19.3 Å². The number of benzene rings is 1. The van der Waals surface area contributed by atoms with Crippen molar-refractivity contribution in [3.63, 3.8) is 0 Å². The molecule has 6 nitrogen and oxygen atoms in total. The van der Waals surface area contributed by atoms with Gasteiger partial charge < -0.3 is 14.2 Å². The number of para-hydroxylation sites is 1. The van der Waals surface area contributed by atoms with Gasteiger partial charge in [0.2, 0.25) is 0 Å². The van der Waals surface area contributed by atoms with Crippen LogP contribution in [-0.2, 0) is 20.8 Å². The van der Waals surface area contributed by atoms with E-state index in [4.69, 9.17) is 19.2 Å². The zero-order chi connectivity index (χ0) is 17.1. The third kappa shape index (κ3) is 3.89. The molecule has 2 fully saturated rings. The van der Waals surface area contributed by atoms with Gasteiger partial charge in [-0.1, -0.05) is 23.9 Å². The first kappa shape index (κ1) is 17.0. The van der Waals surface area contributed by atoms with E-state index in [1.807, 2.05) is 24.3 Å². The van der Waals surface area contributed by atoms with Crippen LogP contribution in [0.3, 0.4) is 0 Å². The smallest absolute Gasteiger partial charge is 0.262 e. The van der Waals surface area contributed by atoms with E-state index >= 15 is 0 Å². The molecule has 25 heavy (non-hydrogen) atoms. The van der Waals surface area contributed by atoms with Crippen molar-refractivity contribution in [3.05, 3.63) is 34.6 Å². The second kappa shape index (κ2) is 7.86. The van der Waals surface area contributed by atoms with Gasteiger partial charge in [0.25, 0.3) is 5.56 Å². The Morgan fingerprint density at radius 1 is 1.16 bits per heavy atom. The molecule has 2 aliphatic heterocycles. The van der Waals surface area contributed by atoms with Gasteiger partial charge in [-0.2, -0.15) is 0 Å². The van der Waals surface area contributed by atoms with E-state index in [1.54, 1.807) is 16.3 Å². The Labute approximate surface area is 150 Å². The van der Waals surface area contributed by atoms with Crippen molar-refractivity contribution in [1.29, 1.82) is 0 Å². The molecule has 0 spiro atoms. The molecule has 0 amide bonds. The van der Waals surface area contributed by atoms with Crippen molar-refractivity contribution in [1.82, 2.24) is 9.55 Å². The Morgan fingerprint density at radius 3 is 2.88 bits per heavy atom. The molecule has 2 atom stereocenters. The number of hydrogen-bond donors (Lipinski definition) is 0. The number of hydrogen-bond acceptors (Lipinski definition) is 6. The first-order chi connectivity index (χ1) is 12.3. The normalized spacial score (nSPS) is 24.0. The fourth-order valence-corrected chi connectivity index (χ4v) is 4.29. The Balaban J connectivity index is 1.63. The average Bonchev–Trinajstić information content (AvgIpc) is 3.17. The average molecular weight is 362 g/mol. The molecule has 0 unspecified atom stereocenters. The standard InChI is InChI=1S/C18H22N2O4S/c21-17-15-5-1-2-6-16(15)19-18(20(17)10-13-4-3-8-23-13)25-11-14-7-9-22-12-24-14/h1-2,5-6,13-14H,3-4,7-12H2/t13-,14+/m1/s1. The van der Waals surface area contributed by atoms with E-state index in [0.29, 0.717) is 18.7 Å². The summed E-state index contributed by atoms with van der Waals surface area (Å²) in [6.07, 6.45) is 3.15. The van der Waals surface area contributed by atoms with E-state index in [1.165, 1.54) is 0 Å². The molecule has 134 valence electrons. The highest BCUT2D eigenvalue weighted by molar-refractivity contribution is 7.99. The molecule has 0 bridgehead atoms. The van der Waals surface area contributed by atoms with Gasteiger partial charge in [-0.25, -0.2) is 4.98 Å². The molecule has 2 aromatic rings. The zero-order valence-corrected chi connectivity index (χ0v) is 14.9. The largest absolute Gasteiger partial charge is 0.376 e. The van der Waals surface area contributed by atoms with Gasteiger partial charge in [-0.15, -0.1) is 0 Å². The number of nitrogens with zero attached hydrogens (tertiary/aromatic N) is 2. The Hall–Kier alpha value is -1.41. The van der Waals surface area contributed by atoms with E-state index in [0.717, 1.165) is 48.9 Å². The van der Waals surface area contributed by atoms with E-state index in [2.05, 4.69) is 0 Å². The van der Waals surface area contributed by atoms with Crippen molar-refractivity contribution in [3.8, 4) is 0 Å². The van der Waals surface area contributed by atoms with Gasteiger partial charge in [-0.05, 0) is 31.4 Å². The number of rotatable bonds is 5. The Kier molecular flexibility index (Phi) is 5.36. The molecule has 0 aliphatic carbocycles. The van der Waals surface area contributed by atoms with Crippen molar-refractivity contribution in [2.75, 3.05) is 25.8 Å². The monoisotopic (exact) mass is 362 g/mol. The summed E-state index contributed by atoms with van der Waals surface area (Å²) in [5, 5.41) is 1.40. The molecule has 3 heterocycles. The second-order valence-corrected chi connectivity index (χ2v) is 7.36. The van der Waals surface area contributed by atoms with Gasteiger partial charge in [0.05, 0.1) is 36.3 Å². The summed E-state index contributed by atoms with van der Waals surface area (Å²) in [5.41, 5.74) is 0.753. The van der Waals surface area contributed by atoms with Crippen LogP contribution in [-0.4, -0.2) is 47.5 Å². The number of thioether (sulfide) groups is 1. The predicted molar refractivity (Wildman–Crippen MR) is 96.0 cm³/mol. The lowest BCUT2D eigenvalue weighted by atomic mass is 10.2. The minimum absolute atomic E-state index is 0.0106. The molecular formula is C18H22N2O4S. The highest BCUT2D eigenvalue weighted by atomic mass is 32.2. The fraction of sp³-hybridized carbons (Fsp3) is 0.556. The van der Waals surface area contributed by atoms with Crippen molar-refractivity contribution in [2.24, 2.45) is 0 Å². The van der Waals surface area contributed by atoms with Crippen LogP contribution in [0.5, 0.6) is 0 Å². The van der Waals surface area contributed by atoms with Crippen LogP contribution in [0.15, 0.2) is 34.2 Å². The highest BCUT2D eigenvalue weighted by Crippen LogP contribution is 2.23. The number of aromatic nitrogens is 2. The topological polar surface area (TPSA) is 62.6 Å². The molecule has 0 saturated carbocycles. The van der Waals surface area contributed by atoms with Gasteiger partial charge in [-0.3, -0.25) is 9.36 Å². The zero-order valence-electron chi connectivity index (χ0n) is 14.1. The summed E-state index contributed by atoms with van der Waals surface area (Å²) >= 11 is 1.58. The SMILES string of the molecule is O=c1c2ccccc2nc(SC[C@@H]2CCOCO2)n1C[C@H]1CCCO1. The molecule has 1 aromatic heterocycles. The summed E-state index contributed by atoms with van der Waals surface area (Å²) < 4.78 is 18.3. The van der Waals surface area contributed by atoms with E-state index in [9.17, 15) is 4.79 Å². The molecule has 1 aromatic carbocycles. The molecule has 0 radical (unpaired) electrons. The molecule has 7 heteroatoms. The molecule has 2 aliphatic rings. The third-order valence-electron chi connectivity index (χ3n) is 4.61. The van der Waals surface area contributed by atoms with Crippen LogP contribution < -0.4 is 5.56 Å². The maximum absolute atomic E-state index is 13.0. The fourth-order valence-electron chi connectivity index (χ4n) is 3.21. The number of ether oxygens (including phenoxy) is 3. The third-order valence-corrected chi connectivity index (χ3v) is 5.71. The second-order valence-electron chi connectivity index (χ2n) is 6.38. The van der Waals surface area contributed by atoms with Crippen molar-refractivity contribution < 1.29 is 14.2 Å². The maximum Gasteiger partial charge on any atom is 0.262 e. The lowest BCUT2D eigenvalue weighted by molar-refractivity contribution is -0.130. The Bertz CT molecular complexity index is 782. The predicted octanol–water partition coefficient (Wildman–Crippen LogP) is 2.43. The summed E-state index contributed by atoms with van der Waals surface area (Å²) in [7, 11) is 0. The van der Waals surface area contributed by atoms with Crippen LogP contribution in [0, 0.1) is 0 Å². The summed E-state index contributed by atoms with van der Waals surface area (Å²) in [5.74, 6) is 0.764. The van der Waals surface area contributed by atoms with E-state index in [-0.39, 0.29) is 17.8 Å². The molecule has 4 rings (SSSR count). The lowest BCUT2D eigenvalue weighted by Gasteiger charge is -2.23. The van der Waals surface area contributed by atoms with Gasteiger partial charge >= 0.3 is 0 Å². The maximum atomic E-state index is 13.0. The summed E-state index contributed by atoms with van der Waals surface area (Å²) in [4.78, 5) is 17.7. The van der Waals surface area contributed by atoms with Gasteiger partial charge in [0, 0.05) is 12.4 Å². The van der Waals surface area contributed by atoms with Gasteiger partial charge in [0.15, 0.2) is 5.16 Å². The summed E-state index contributed by atoms with van der Waals surface area (Å²) in [6, 6.07) is 7.52. The highest BCUT2D eigenvalue weighted by Gasteiger charge is 2.21. The minimum Gasteiger partial charge on any atom is -0.376 e. The molecule has 0 N–H and O–H groups in total. The summed E-state index contributed by atoms with van der Waals surface area (Å²) in [6.45, 7) is 2.41. The van der Waals surface area contributed by atoms with Crippen LogP contribution in [0.2, 0.25) is 0 Å². The van der Waals surface area contributed by atoms with Crippen LogP contribution >= 0.6 is 11.8 Å². The van der Waals surface area contributed by atoms with Crippen molar-refractivity contribution in [2.45, 2.75) is 43.2 Å². The van der Waals surface area contributed by atoms with Crippen molar-refractivity contribution >= 4 is 22.7 Å². The quantitative estimate of drug-likeness (QED) is 0.601. The molecular weight excluding hydrogens is 340 g/mol. The number of fused-ring (bicyclic) bond motifs is 1. The van der Waals surface area contributed by atoms with Crippen LogP contribution in [0.4, 0.5) is 0 Å². The lowest BCUT2D eigenvalue weighted by Crippen LogP contribution is -2.30. The Morgan fingerprint density at radius 2 is 2.08 bits per heavy atom. The first-order valence-corrected chi connectivity index (χ1v) is 9.73. The van der Waals surface area contributed by atoms with Gasteiger partial charge in [0.1, 0.15) is 6.79 Å². The van der Waals surface area contributed by atoms with Crippen LogP contribution in [0.25, 0.3) is 10.9 Å².